The van der Waals surface area contributed by atoms with E-state index in [1.54, 1.807) is 6.07 Å². The van der Waals surface area contributed by atoms with Crippen LogP contribution >= 0.6 is 0 Å². The topological polar surface area (TPSA) is 103 Å². The molecule has 146 valence electrons. The largest absolute Gasteiger partial charge is 0.491 e. The quantitative estimate of drug-likeness (QED) is 0.641. The average molecular weight is 394 g/mol. The van der Waals surface area contributed by atoms with Crippen molar-refractivity contribution in [2.75, 3.05) is 7.11 Å². The fourth-order valence-corrected chi connectivity index (χ4v) is 2.56. The molecule has 1 saturated carbocycles. The second kappa shape index (κ2) is 6.98. The van der Waals surface area contributed by atoms with E-state index in [0.29, 0.717) is 17.7 Å². The molecule has 0 atom stereocenters. The van der Waals surface area contributed by atoms with Crippen LogP contribution < -0.4 is 10.1 Å². The van der Waals surface area contributed by atoms with Crippen molar-refractivity contribution in [2.45, 2.75) is 25.3 Å². The minimum absolute atomic E-state index is 0.00859. The van der Waals surface area contributed by atoms with Crippen molar-refractivity contribution in [1.29, 1.82) is 0 Å². The molecule has 2 heterocycles. The van der Waals surface area contributed by atoms with E-state index in [9.17, 15) is 18.0 Å². The first-order valence-electron chi connectivity index (χ1n) is 8.27. The lowest BCUT2D eigenvalue weighted by Crippen LogP contribution is -2.24. The average Bonchev–Trinajstić information content (AvgIpc) is 3.22. The maximum atomic E-state index is 14.1. The van der Waals surface area contributed by atoms with E-state index in [1.165, 1.54) is 0 Å². The van der Waals surface area contributed by atoms with E-state index in [0.717, 1.165) is 25.7 Å². The first kappa shape index (κ1) is 18.0. The number of amides is 1. The monoisotopic (exact) mass is 394 g/mol. The Morgan fingerprint density at radius 2 is 2.00 bits per heavy atom. The number of nitrogens with zero attached hydrogens (tertiary/aromatic N) is 3. The second-order valence-electron chi connectivity index (χ2n) is 6.15. The van der Waals surface area contributed by atoms with Crippen molar-refractivity contribution in [2.24, 2.45) is 0 Å². The predicted octanol–water partition coefficient (Wildman–Crippen LogP) is 2.96. The summed E-state index contributed by atoms with van der Waals surface area (Å²) in [6, 6.07) is 2.16. The summed E-state index contributed by atoms with van der Waals surface area (Å²) in [7, 11) is 0.959. The first-order chi connectivity index (χ1) is 13.5. The van der Waals surface area contributed by atoms with Crippen molar-refractivity contribution < 1.29 is 31.7 Å². The SMILES string of the molecule is COc1c(F)c(F)cc(C(=O)NCc2nc(-c3cc(C4CC4)on3)no2)c1F. The van der Waals surface area contributed by atoms with Crippen LogP contribution in [-0.4, -0.2) is 28.3 Å². The van der Waals surface area contributed by atoms with Gasteiger partial charge < -0.3 is 19.1 Å². The molecule has 0 radical (unpaired) electrons. The Morgan fingerprint density at radius 1 is 1.21 bits per heavy atom. The number of ether oxygens (including phenoxy) is 1. The van der Waals surface area contributed by atoms with Crippen molar-refractivity contribution in [3.8, 4) is 17.3 Å². The summed E-state index contributed by atoms with van der Waals surface area (Å²) in [6.07, 6.45) is 2.09. The maximum Gasteiger partial charge on any atom is 0.254 e. The van der Waals surface area contributed by atoms with Gasteiger partial charge in [0.2, 0.25) is 17.5 Å². The standard InChI is InChI=1S/C17H13F3N4O4/c1-26-15-13(19)8(4-9(18)14(15)20)17(25)21-6-12-22-16(24-28-12)10-5-11(27-23-10)7-2-3-7/h4-5,7H,2-3,6H2,1H3,(H,21,25). The van der Waals surface area contributed by atoms with Crippen LogP contribution in [0.3, 0.4) is 0 Å². The normalized spacial score (nSPS) is 13.6. The minimum Gasteiger partial charge on any atom is -0.491 e. The molecule has 1 N–H and O–H groups in total. The number of nitrogens with one attached hydrogen (secondary N) is 1. The van der Waals surface area contributed by atoms with Crippen LogP contribution in [0.4, 0.5) is 13.2 Å². The Balaban J connectivity index is 1.45. The molecule has 0 aliphatic heterocycles. The Kier molecular flexibility index (Phi) is 4.49. The van der Waals surface area contributed by atoms with Gasteiger partial charge in [-0.15, -0.1) is 0 Å². The molecule has 0 bridgehead atoms. The van der Waals surface area contributed by atoms with Crippen LogP contribution in [0.1, 0.15) is 40.8 Å². The van der Waals surface area contributed by atoms with E-state index in [2.05, 4.69) is 25.4 Å². The van der Waals surface area contributed by atoms with Gasteiger partial charge in [-0.25, -0.2) is 8.78 Å². The van der Waals surface area contributed by atoms with Crippen molar-refractivity contribution in [3.05, 3.63) is 46.8 Å². The molecule has 1 amide bonds. The maximum absolute atomic E-state index is 14.1. The number of carbonyl (C=O) groups excluding carboxylic acids is 1. The molecule has 1 fully saturated rings. The Labute approximate surface area is 155 Å². The van der Waals surface area contributed by atoms with E-state index < -0.39 is 34.7 Å². The highest BCUT2D eigenvalue weighted by atomic mass is 19.2. The number of rotatable bonds is 6. The number of hydrogen-bond acceptors (Lipinski definition) is 7. The molecule has 8 nitrogen and oxygen atoms in total. The number of carbonyl (C=O) groups is 1. The lowest BCUT2D eigenvalue weighted by Gasteiger charge is -2.09. The summed E-state index contributed by atoms with van der Waals surface area (Å²) < 4.78 is 55.8. The molecular weight excluding hydrogens is 381 g/mol. The highest BCUT2D eigenvalue weighted by molar-refractivity contribution is 5.94. The highest BCUT2D eigenvalue weighted by Gasteiger charge is 2.29. The van der Waals surface area contributed by atoms with Gasteiger partial charge in [-0.2, -0.15) is 9.37 Å². The zero-order valence-corrected chi connectivity index (χ0v) is 14.5. The summed E-state index contributed by atoms with van der Waals surface area (Å²) in [5.41, 5.74) is -0.333. The summed E-state index contributed by atoms with van der Waals surface area (Å²) in [5.74, 6) is -4.95. The molecule has 1 aromatic carbocycles. The molecule has 11 heteroatoms. The predicted molar refractivity (Wildman–Crippen MR) is 85.8 cm³/mol. The number of hydrogen-bond donors (Lipinski definition) is 1. The Morgan fingerprint density at radius 3 is 2.71 bits per heavy atom. The van der Waals surface area contributed by atoms with Crippen LogP contribution in [0.25, 0.3) is 11.5 Å². The highest BCUT2D eigenvalue weighted by Crippen LogP contribution is 2.40. The molecule has 3 aromatic rings. The third kappa shape index (κ3) is 3.30. The van der Waals surface area contributed by atoms with Crippen molar-refractivity contribution in [1.82, 2.24) is 20.6 Å². The molecule has 1 aliphatic rings. The first-order valence-corrected chi connectivity index (χ1v) is 8.27. The third-order valence-electron chi connectivity index (χ3n) is 4.17. The summed E-state index contributed by atoms with van der Waals surface area (Å²) in [4.78, 5) is 16.2. The van der Waals surface area contributed by atoms with Crippen LogP contribution in [0.15, 0.2) is 21.2 Å². The van der Waals surface area contributed by atoms with Gasteiger partial charge >= 0.3 is 0 Å². The molecule has 0 spiro atoms. The summed E-state index contributed by atoms with van der Waals surface area (Å²) >= 11 is 0. The lowest BCUT2D eigenvalue weighted by molar-refractivity contribution is 0.0940. The van der Waals surface area contributed by atoms with Crippen molar-refractivity contribution in [3.63, 3.8) is 0 Å². The smallest absolute Gasteiger partial charge is 0.254 e. The Bertz CT molecular complexity index is 1050. The summed E-state index contributed by atoms with van der Waals surface area (Å²) in [5, 5.41) is 9.89. The van der Waals surface area contributed by atoms with Crippen LogP contribution in [0.5, 0.6) is 5.75 Å². The van der Waals surface area contributed by atoms with E-state index >= 15 is 0 Å². The number of benzene rings is 1. The van der Waals surface area contributed by atoms with Gasteiger partial charge in [0.15, 0.2) is 23.1 Å². The van der Waals surface area contributed by atoms with Crippen molar-refractivity contribution >= 4 is 5.91 Å². The molecule has 2 aromatic heterocycles. The van der Waals surface area contributed by atoms with E-state index in [-0.39, 0.29) is 18.3 Å². The molecule has 4 rings (SSSR count). The second-order valence-corrected chi connectivity index (χ2v) is 6.15. The van der Waals surface area contributed by atoms with E-state index in [1.807, 2.05) is 0 Å². The van der Waals surface area contributed by atoms with E-state index in [4.69, 9.17) is 9.05 Å². The van der Waals surface area contributed by atoms with Gasteiger partial charge in [-0.1, -0.05) is 10.3 Å². The van der Waals surface area contributed by atoms with Gasteiger partial charge in [0.05, 0.1) is 19.2 Å². The zero-order chi connectivity index (χ0) is 19.8. The minimum atomic E-state index is -1.52. The van der Waals surface area contributed by atoms with Crippen LogP contribution in [0, 0.1) is 17.5 Å². The number of halogens is 3. The Hall–Kier alpha value is -3.37. The van der Waals surface area contributed by atoms with Crippen LogP contribution in [-0.2, 0) is 6.54 Å². The number of aromatic nitrogens is 3. The fraction of sp³-hybridized carbons (Fsp3) is 0.294. The molecular formula is C17H13F3N4O4. The number of methoxy groups -OCH3 is 1. The zero-order valence-electron chi connectivity index (χ0n) is 14.5. The molecule has 28 heavy (non-hydrogen) atoms. The molecule has 0 unspecified atom stereocenters. The lowest BCUT2D eigenvalue weighted by atomic mass is 10.1. The van der Waals surface area contributed by atoms with Gasteiger partial charge in [0.25, 0.3) is 5.91 Å². The van der Waals surface area contributed by atoms with Gasteiger partial charge in [0, 0.05) is 12.0 Å². The van der Waals surface area contributed by atoms with Gasteiger partial charge in [-0.05, 0) is 18.9 Å². The van der Waals surface area contributed by atoms with Crippen LogP contribution in [0.2, 0.25) is 0 Å². The van der Waals surface area contributed by atoms with Gasteiger partial charge in [-0.3, -0.25) is 4.79 Å². The molecule has 0 saturated heterocycles. The third-order valence-corrected chi connectivity index (χ3v) is 4.17. The van der Waals surface area contributed by atoms with Gasteiger partial charge in [0.1, 0.15) is 5.76 Å². The fourth-order valence-electron chi connectivity index (χ4n) is 2.56. The molecule has 1 aliphatic carbocycles. The summed E-state index contributed by atoms with van der Waals surface area (Å²) in [6.45, 7) is -0.264.